The van der Waals surface area contributed by atoms with Gasteiger partial charge in [0.05, 0.1) is 58.5 Å². The molecule has 6 heteroatoms. The first-order valence-corrected chi connectivity index (χ1v) is 14.3. The van der Waals surface area contributed by atoms with Gasteiger partial charge < -0.3 is 29.2 Å². The lowest BCUT2D eigenvalue weighted by Gasteiger charge is -2.38. The zero-order chi connectivity index (χ0) is 26.6. The van der Waals surface area contributed by atoms with Crippen LogP contribution in [0.15, 0.2) is 11.6 Å². The van der Waals surface area contributed by atoms with Crippen molar-refractivity contribution in [2.75, 3.05) is 0 Å². The number of rotatable bonds is 8. The number of allylic oxidation sites excluding steroid dienone is 2. The van der Waals surface area contributed by atoms with Crippen LogP contribution in [0.3, 0.4) is 0 Å². The van der Waals surface area contributed by atoms with E-state index >= 15 is 0 Å². The first-order chi connectivity index (χ1) is 16.6. The topological polar surface area (TPSA) is 77.4 Å². The smallest absolute Gasteiger partial charge is 0.0921 e. The van der Waals surface area contributed by atoms with E-state index in [-0.39, 0.29) is 47.3 Å². The van der Waals surface area contributed by atoms with Gasteiger partial charge in [-0.3, -0.25) is 0 Å². The molecule has 0 aromatic heterocycles. The summed E-state index contributed by atoms with van der Waals surface area (Å²) in [5.74, 6) is 0. The fraction of sp³-hybridized carbons (Fsp3) is 0.933. The van der Waals surface area contributed by atoms with E-state index in [9.17, 15) is 10.2 Å². The van der Waals surface area contributed by atoms with Gasteiger partial charge in [-0.05, 0) is 120 Å². The molecule has 0 amide bonds. The van der Waals surface area contributed by atoms with Crippen molar-refractivity contribution in [3.05, 3.63) is 11.6 Å². The maximum absolute atomic E-state index is 11.2. The number of aliphatic hydroxyl groups is 2. The highest BCUT2D eigenvalue weighted by Crippen LogP contribution is 2.50. The minimum absolute atomic E-state index is 0.0103. The Bertz CT molecular complexity index is 813. The lowest BCUT2D eigenvalue weighted by Crippen LogP contribution is -2.48. The largest absolute Gasteiger partial charge is 0.388 e. The molecular weight excluding hydrogens is 456 g/mol. The third-order valence-electron chi connectivity index (χ3n) is 9.69. The molecule has 36 heavy (non-hydrogen) atoms. The third-order valence-corrected chi connectivity index (χ3v) is 9.69. The van der Waals surface area contributed by atoms with E-state index in [4.69, 9.17) is 18.9 Å². The highest BCUT2D eigenvalue weighted by atomic mass is 16.6. The molecule has 0 aliphatic carbocycles. The van der Waals surface area contributed by atoms with Crippen LogP contribution >= 0.6 is 0 Å². The average molecular weight is 509 g/mol. The maximum atomic E-state index is 11.2. The summed E-state index contributed by atoms with van der Waals surface area (Å²) in [7, 11) is 0. The normalized spacial score (nSPS) is 45.2. The van der Waals surface area contributed by atoms with Gasteiger partial charge >= 0.3 is 0 Å². The van der Waals surface area contributed by atoms with Crippen molar-refractivity contribution in [2.45, 2.75) is 178 Å². The zero-order valence-electron chi connectivity index (χ0n) is 24.1. The predicted octanol–water partition coefficient (Wildman–Crippen LogP) is 5.62. The van der Waals surface area contributed by atoms with Crippen LogP contribution in [-0.2, 0) is 18.9 Å². The first-order valence-electron chi connectivity index (χ1n) is 14.3. The van der Waals surface area contributed by atoms with Crippen LogP contribution in [-0.4, -0.2) is 68.7 Å². The van der Waals surface area contributed by atoms with Crippen LogP contribution in [0.25, 0.3) is 0 Å². The molecule has 0 saturated carbocycles. The van der Waals surface area contributed by atoms with Crippen LogP contribution in [0.5, 0.6) is 0 Å². The fourth-order valence-corrected chi connectivity index (χ4v) is 7.01. The van der Waals surface area contributed by atoms with Gasteiger partial charge in [0, 0.05) is 0 Å². The Hall–Kier alpha value is -0.500. The molecule has 208 valence electrons. The zero-order valence-corrected chi connectivity index (χ0v) is 24.1. The Labute approximate surface area is 219 Å². The van der Waals surface area contributed by atoms with Crippen molar-refractivity contribution < 1.29 is 29.2 Å². The van der Waals surface area contributed by atoms with E-state index in [1.54, 1.807) is 0 Å². The highest BCUT2D eigenvalue weighted by molar-refractivity contribution is 5.06. The first kappa shape index (κ1) is 28.5. The van der Waals surface area contributed by atoms with E-state index in [1.807, 2.05) is 20.8 Å². The molecule has 0 aromatic carbocycles. The summed E-state index contributed by atoms with van der Waals surface area (Å²) in [6.45, 7) is 16.3. The number of ether oxygens (including phenoxy) is 4. The second-order valence-corrected chi connectivity index (χ2v) is 13.9. The summed E-state index contributed by atoms with van der Waals surface area (Å²) in [6, 6.07) is 0. The Kier molecular flexibility index (Phi) is 7.85. The van der Waals surface area contributed by atoms with Crippen LogP contribution < -0.4 is 0 Å². The Morgan fingerprint density at radius 2 is 1.25 bits per heavy atom. The van der Waals surface area contributed by atoms with Crippen LogP contribution in [0.1, 0.15) is 120 Å². The minimum atomic E-state index is -0.841. The molecule has 9 atom stereocenters. The van der Waals surface area contributed by atoms with Crippen LogP contribution in [0.4, 0.5) is 0 Å². The van der Waals surface area contributed by atoms with Gasteiger partial charge in [0.25, 0.3) is 0 Å². The summed E-state index contributed by atoms with van der Waals surface area (Å²) in [4.78, 5) is 0. The van der Waals surface area contributed by atoms with Crippen LogP contribution in [0, 0.1) is 0 Å². The van der Waals surface area contributed by atoms with Crippen molar-refractivity contribution in [3.63, 3.8) is 0 Å². The van der Waals surface area contributed by atoms with Gasteiger partial charge in [0.1, 0.15) is 0 Å². The fourth-order valence-electron chi connectivity index (χ4n) is 7.01. The average Bonchev–Trinajstić information content (AvgIpc) is 3.53. The molecule has 4 heterocycles. The molecule has 4 rings (SSSR count). The molecular formula is C30H52O6. The van der Waals surface area contributed by atoms with E-state index in [0.717, 1.165) is 57.8 Å². The van der Waals surface area contributed by atoms with Gasteiger partial charge in [-0.2, -0.15) is 0 Å². The predicted molar refractivity (Wildman–Crippen MR) is 141 cm³/mol. The minimum Gasteiger partial charge on any atom is -0.388 e. The van der Waals surface area contributed by atoms with Crippen molar-refractivity contribution in [3.8, 4) is 0 Å². The van der Waals surface area contributed by atoms with Crippen molar-refractivity contribution in [1.82, 2.24) is 0 Å². The van der Waals surface area contributed by atoms with Crippen molar-refractivity contribution in [2.24, 2.45) is 0 Å². The molecule has 0 spiro atoms. The molecule has 4 saturated heterocycles. The summed E-state index contributed by atoms with van der Waals surface area (Å²) in [5.41, 5.74) is -1.49. The SMILES string of the molecule is CC(C)=CCC[C@](C)(O)[C@@H]1CC[C@](C)([C@@H]2CC[C@H]([C@@]3(C)CC[C@@H]([C@@]4(C)CC[C@@H](C(C)(C)O)O4)O3)O2)O1. The molecule has 0 bridgehead atoms. The summed E-state index contributed by atoms with van der Waals surface area (Å²) in [6.07, 6.45) is 10.8. The monoisotopic (exact) mass is 508 g/mol. The van der Waals surface area contributed by atoms with E-state index < -0.39 is 11.2 Å². The van der Waals surface area contributed by atoms with Crippen LogP contribution in [0.2, 0.25) is 0 Å². The lowest BCUT2D eigenvalue weighted by atomic mass is 9.88. The van der Waals surface area contributed by atoms with Gasteiger partial charge in [-0.1, -0.05) is 11.6 Å². The Morgan fingerprint density at radius 3 is 1.81 bits per heavy atom. The van der Waals surface area contributed by atoms with Gasteiger partial charge in [-0.25, -0.2) is 0 Å². The Balaban J connectivity index is 1.33. The standard InChI is InChI=1S/C30H52O6/c1-20(2)10-9-16-27(5,32)22-14-18-28(6,35-22)23-11-12-24(33-23)29(7)19-15-25(36-29)30(8)17-13-21(34-30)26(3,4)31/h10,21-25,31-32H,9,11-19H2,1-8H3/t21-,22-,23-,24+,25-,27-,28+,29+,30+/m0/s1. The second kappa shape index (κ2) is 9.91. The molecule has 0 unspecified atom stereocenters. The van der Waals surface area contributed by atoms with E-state index in [2.05, 4.69) is 40.7 Å². The quantitative estimate of drug-likeness (QED) is 0.415. The third kappa shape index (κ3) is 5.74. The molecule has 0 radical (unpaired) electrons. The molecule has 4 aliphatic heterocycles. The van der Waals surface area contributed by atoms with E-state index in [1.165, 1.54) is 5.57 Å². The lowest BCUT2D eigenvalue weighted by molar-refractivity contribution is -0.209. The molecule has 6 nitrogen and oxygen atoms in total. The van der Waals surface area contributed by atoms with E-state index in [0.29, 0.717) is 6.42 Å². The Morgan fingerprint density at radius 1 is 0.750 bits per heavy atom. The summed E-state index contributed by atoms with van der Waals surface area (Å²) < 4.78 is 26.4. The number of hydrogen-bond donors (Lipinski definition) is 2. The summed E-state index contributed by atoms with van der Waals surface area (Å²) >= 11 is 0. The maximum Gasteiger partial charge on any atom is 0.0921 e. The van der Waals surface area contributed by atoms with Crippen molar-refractivity contribution in [1.29, 1.82) is 0 Å². The summed E-state index contributed by atoms with van der Waals surface area (Å²) in [5, 5.41) is 21.6. The van der Waals surface area contributed by atoms with Gasteiger partial charge in [0.2, 0.25) is 0 Å². The molecule has 0 aromatic rings. The number of hydrogen-bond acceptors (Lipinski definition) is 6. The molecule has 4 fully saturated rings. The molecule has 4 aliphatic rings. The second-order valence-electron chi connectivity index (χ2n) is 13.9. The van der Waals surface area contributed by atoms with Gasteiger partial charge in [0.15, 0.2) is 0 Å². The highest BCUT2D eigenvalue weighted by Gasteiger charge is 2.57. The van der Waals surface area contributed by atoms with Gasteiger partial charge in [-0.15, -0.1) is 0 Å². The molecule has 2 N–H and O–H groups in total. The van der Waals surface area contributed by atoms with Crippen molar-refractivity contribution >= 4 is 0 Å².